The normalized spacial score (nSPS) is 12.0. The molecule has 0 spiro atoms. The molecule has 0 unspecified atom stereocenters. The largest absolute Gasteiger partial charge is 0.488 e. The van der Waals surface area contributed by atoms with Gasteiger partial charge in [0.15, 0.2) is 11.2 Å². The van der Waals surface area contributed by atoms with Crippen LogP contribution >= 0.6 is 0 Å². The maximum absolute atomic E-state index is 13.8. The van der Waals surface area contributed by atoms with Crippen molar-refractivity contribution in [2.75, 3.05) is 0 Å². The number of H-pyrrole nitrogens is 1. The molecule has 5 aromatic rings. The number of aromatic nitrogens is 3. The number of halogens is 1. The molecule has 1 N–H and O–H groups in total. The van der Waals surface area contributed by atoms with Crippen LogP contribution in [0.5, 0.6) is 5.75 Å². The summed E-state index contributed by atoms with van der Waals surface area (Å²) in [6.45, 7) is 5.95. The summed E-state index contributed by atoms with van der Waals surface area (Å²) >= 11 is 0. The molecule has 3 heterocycles. The van der Waals surface area contributed by atoms with E-state index >= 15 is 0 Å². The maximum atomic E-state index is 13.8. The highest BCUT2D eigenvalue weighted by Gasteiger charge is 2.20. The van der Waals surface area contributed by atoms with Gasteiger partial charge in [0.2, 0.25) is 0 Å². The second-order valence-corrected chi connectivity index (χ2v) is 9.73. The van der Waals surface area contributed by atoms with Gasteiger partial charge in [-0.25, -0.2) is 0 Å². The smallest absolute Gasteiger partial charge is 0.357 e. The molecule has 182 valence electrons. The predicted molar refractivity (Wildman–Crippen MR) is 136 cm³/mol. The Balaban J connectivity index is 1.87. The summed E-state index contributed by atoms with van der Waals surface area (Å²) in [7, 11) is -5.20. The van der Waals surface area contributed by atoms with Crippen LogP contribution in [0.2, 0.25) is 0 Å². The number of aromatic amines is 1. The van der Waals surface area contributed by atoms with E-state index in [9.17, 15) is 22.4 Å². The molecule has 5 rings (SSSR count). The van der Waals surface area contributed by atoms with Crippen LogP contribution in [-0.2, 0) is 16.9 Å². The summed E-state index contributed by atoms with van der Waals surface area (Å²) in [6.07, 6.45) is 3.22. The third-order valence-corrected chi connectivity index (χ3v) is 6.61. The number of rotatable bonds is 5. The lowest BCUT2D eigenvalue weighted by Crippen LogP contribution is -2.13. The molecule has 0 aliphatic heterocycles. The van der Waals surface area contributed by atoms with Crippen molar-refractivity contribution in [1.29, 1.82) is 5.26 Å². The van der Waals surface area contributed by atoms with Crippen molar-refractivity contribution in [3.63, 3.8) is 0 Å². The Bertz CT molecular complexity index is 1900. The molecule has 0 bridgehead atoms. The minimum absolute atomic E-state index is 0.0381. The maximum Gasteiger partial charge on any atom is 0.488 e. The topological polar surface area (TPSA) is 118 Å². The summed E-state index contributed by atoms with van der Waals surface area (Å²) < 4.78 is 41.4. The average molecular weight is 505 g/mol. The Labute approximate surface area is 206 Å². The van der Waals surface area contributed by atoms with Crippen LogP contribution in [0.25, 0.3) is 44.0 Å². The minimum atomic E-state index is -5.20. The Morgan fingerprint density at radius 3 is 2.61 bits per heavy atom. The number of fused-ring (bicyclic) bond motifs is 4. The van der Waals surface area contributed by atoms with Crippen molar-refractivity contribution in [2.24, 2.45) is 0 Å². The van der Waals surface area contributed by atoms with Crippen molar-refractivity contribution in [3.05, 3.63) is 70.1 Å². The fourth-order valence-electron chi connectivity index (χ4n) is 4.76. The first kappa shape index (κ1) is 23.5. The standard InChI is InChI=1S/C26H21FN4O4S/c1-4-16-9-21-23(10-20(16)17-8-18(13-29-12-17)35-36(27,33)34)31(14(2)3)26-24(25(21)32)19-6-5-15(11-28)7-22(19)30-26/h5-10,12-14,30H,4H2,1-3H3. The number of nitriles is 1. The first-order valence-corrected chi connectivity index (χ1v) is 12.6. The van der Waals surface area contributed by atoms with Crippen LogP contribution in [0.1, 0.15) is 37.9 Å². The average Bonchev–Trinajstić information content (AvgIpc) is 3.20. The summed E-state index contributed by atoms with van der Waals surface area (Å²) in [4.78, 5) is 21.1. The lowest BCUT2D eigenvalue weighted by Gasteiger charge is -2.19. The third kappa shape index (κ3) is 3.87. The van der Waals surface area contributed by atoms with Crippen molar-refractivity contribution in [3.8, 4) is 22.9 Å². The first-order chi connectivity index (χ1) is 17.1. The van der Waals surface area contributed by atoms with Gasteiger partial charge in [0, 0.05) is 34.1 Å². The molecule has 0 saturated carbocycles. The molecule has 0 aliphatic rings. The molecule has 0 radical (unpaired) electrons. The highest BCUT2D eigenvalue weighted by Crippen LogP contribution is 2.34. The van der Waals surface area contributed by atoms with Gasteiger partial charge in [0.1, 0.15) is 5.65 Å². The summed E-state index contributed by atoms with van der Waals surface area (Å²) in [6, 6.07) is 12.4. The van der Waals surface area contributed by atoms with E-state index in [1.54, 1.807) is 18.2 Å². The number of hydrogen-bond donors (Lipinski definition) is 1. The van der Waals surface area contributed by atoms with Crippen molar-refractivity contribution < 1.29 is 16.5 Å². The SMILES string of the molecule is CCc1cc2c(=O)c3c4ccc(C#N)cc4[nH]c3n(C(C)C)c2cc1-c1cncc(OS(=O)(=O)F)c1. The van der Waals surface area contributed by atoms with Crippen molar-refractivity contribution in [1.82, 2.24) is 14.5 Å². The Morgan fingerprint density at radius 2 is 1.94 bits per heavy atom. The summed E-state index contributed by atoms with van der Waals surface area (Å²) in [5.41, 5.74) is 4.44. The zero-order valence-electron chi connectivity index (χ0n) is 19.7. The van der Waals surface area contributed by atoms with Crippen molar-refractivity contribution >= 4 is 43.3 Å². The van der Waals surface area contributed by atoms with E-state index in [-0.39, 0.29) is 17.2 Å². The third-order valence-electron chi connectivity index (χ3n) is 6.22. The Morgan fingerprint density at radius 1 is 1.17 bits per heavy atom. The molecule has 0 aliphatic carbocycles. The van der Waals surface area contributed by atoms with E-state index in [0.717, 1.165) is 22.7 Å². The van der Waals surface area contributed by atoms with Crippen LogP contribution in [-0.4, -0.2) is 23.0 Å². The lowest BCUT2D eigenvalue weighted by atomic mass is 9.95. The van der Waals surface area contributed by atoms with Crippen LogP contribution in [0.3, 0.4) is 0 Å². The van der Waals surface area contributed by atoms with E-state index in [2.05, 4.69) is 20.2 Å². The van der Waals surface area contributed by atoms with Gasteiger partial charge in [0.25, 0.3) is 0 Å². The van der Waals surface area contributed by atoms with Crippen LogP contribution in [0.4, 0.5) is 3.89 Å². The Kier molecular flexibility index (Phi) is 5.53. The van der Waals surface area contributed by atoms with E-state index in [4.69, 9.17) is 0 Å². The molecule has 0 saturated heterocycles. The molecule has 10 heteroatoms. The minimum Gasteiger partial charge on any atom is -0.357 e. The lowest BCUT2D eigenvalue weighted by molar-refractivity contribution is 0.439. The highest BCUT2D eigenvalue weighted by atomic mass is 32.3. The van der Waals surface area contributed by atoms with E-state index in [1.807, 2.05) is 37.5 Å². The molecule has 3 aromatic heterocycles. The summed E-state index contributed by atoms with van der Waals surface area (Å²) in [5.74, 6) is -0.252. The molecule has 0 fully saturated rings. The highest BCUT2D eigenvalue weighted by molar-refractivity contribution is 7.81. The molecular weight excluding hydrogens is 483 g/mol. The Hall–Kier alpha value is -4.23. The predicted octanol–water partition coefficient (Wildman–Crippen LogP) is 5.31. The number of benzene rings is 2. The van der Waals surface area contributed by atoms with Gasteiger partial charge >= 0.3 is 10.5 Å². The fraction of sp³-hybridized carbons (Fsp3) is 0.192. The van der Waals surface area contributed by atoms with E-state index in [1.165, 1.54) is 12.3 Å². The number of aryl methyl sites for hydroxylation is 1. The first-order valence-electron chi connectivity index (χ1n) is 11.3. The molecule has 36 heavy (non-hydrogen) atoms. The monoisotopic (exact) mass is 504 g/mol. The zero-order valence-corrected chi connectivity index (χ0v) is 20.5. The van der Waals surface area contributed by atoms with Crippen LogP contribution in [0.15, 0.2) is 53.6 Å². The zero-order chi connectivity index (χ0) is 25.8. The van der Waals surface area contributed by atoms with Gasteiger partial charge in [-0.1, -0.05) is 16.9 Å². The van der Waals surface area contributed by atoms with Gasteiger partial charge in [-0.3, -0.25) is 9.78 Å². The van der Waals surface area contributed by atoms with Gasteiger partial charge < -0.3 is 13.7 Å². The van der Waals surface area contributed by atoms with Crippen molar-refractivity contribution in [2.45, 2.75) is 33.2 Å². The molecule has 2 aromatic carbocycles. The quantitative estimate of drug-likeness (QED) is 0.324. The number of pyridine rings is 2. The molecule has 0 atom stereocenters. The second-order valence-electron chi connectivity index (χ2n) is 8.78. The summed E-state index contributed by atoms with van der Waals surface area (Å²) in [5, 5.41) is 11.1. The van der Waals surface area contributed by atoms with Crippen LogP contribution in [0, 0.1) is 11.3 Å². The number of nitrogens with one attached hydrogen (secondary N) is 1. The number of nitrogens with zero attached hydrogens (tertiary/aromatic N) is 3. The second kappa shape index (κ2) is 8.46. The number of hydrogen-bond acceptors (Lipinski definition) is 6. The van der Waals surface area contributed by atoms with Gasteiger partial charge in [-0.05, 0) is 61.7 Å². The molecule has 0 amide bonds. The van der Waals surface area contributed by atoms with E-state index in [0.29, 0.717) is 45.0 Å². The van der Waals surface area contributed by atoms with Gasteiger partial charge in [-0.15, -0.1) is 0 Å². The molecule has 8 nitrogen and oxygen atoms in total. The molecular formula is C26H21FN4O4S. The van der Waals surface area contributed by atoms with Crippen LogP contribution < -0.4 is 9.61 Å². The van der Waals surface area contributed by atoms with Gasteiger partial charge in [-0.2, -0.15) is 13.7 Å². The van der Waals surface area contributed by atoms with Gasteiger partial charge in [0.05, 0.1) is 28.7 Å². The fourth-order valence-corrected chi connectivity index (χ4v) is 5.08. The van der Waals surface area contributed by atoms with E-state index < -0.39 is 10.5 Å².